The molecular formula is C15H17FN2O2. The Labute approximate surface area is 117 Å². The largest absolute Gasteiger partial charge is 0.494 e. The first-order chi connectivity index (χ1) is 9.76. The molecule has 4 nitrogen and oxygen atoms in total. The maximum Gasteiger partial charge on any atom is 0.217 e. The first kappa shape index (κ1) is 14.3. The number of nitrogens with one attached hydrogen (secondary N) is 1. The number of aromatic nitrogens is 1. The Morgan fingerprint density at radius 1 is 1.05 bits per heavy atom. The second kappa shape index (κ2) is 6.86. The standard InChI is InChI=1S/C15H17FN2O2/c1-19-13-7-3-5-11(14(13)16)9-17-10-12-6-4-8-18-15(12)20-2/h3-8,17H,9-10H2,1-2H3. The van der Waals surface area contributed by atoms with Crippen molar-refractivity contribution in [2.45, 2.75) is 13.1 Å². The lowest BCUT2D eigenvalue weighted by atomic mass is 10.2. The highest BCUT2D eigenvalue weighted by Gasteiger charge is 2.08. The summed E-state index contributed by atoms with van der Waals surface area (Å²) in [5.74, 6) is 0.495. The third kappa shape index (κ3) is 3.24. The van der Waals surface area contributed by atoms with Crippen LogP contribution < -0.4 is 14.8 Å². The fourth-order valence-electron chi connectivity index (χ4n) is 1.92. The number of methoxy groups -OCH3 is 2. The van der Waals surface area contributed by atoms with Gasteiger partial charge in [0.25, 0.3) is 0 Å². The molecule has 0 saturated carbocycles. The molecular weight excluding hydrogens is 259 g/mol. The summed E-state index contributed by atoms with van der Waals surface area (Å²) >= 11 is 0. The van der Waals surface area contributed by atoms with Crippen LogP contribution in [0.2, 0.25) is 0 Å². The van der Waals surface area contributed by atoms with Gasteiger partial charge in [-0.25, -0.2) is 9.37 Å². The zero-order chi connectivity index (χ0) is 14.4. The highest BCUT2D eigenvalue weighted by molar-refractivity contribution is 5.31. The Balaban J connectivity index is 1.99. The van der Waals surface area contributed by atoms with Crippen LogP contribution in [-0.4, -0.2) is 19.2 Å². The molecule has 0 amide bonds. The van der Waals surface area contributed by atoms with Gasteiger partial charge in [-0.05, 0) is 12.1 Å². The van der Waals surface area contributed by atoms with Crippen LogP contribution in [0.5, 0.6) is 11.6 Å². The van der Waals surface area contributed by atoms with Crippen molar-refractivity contribution in [1.82, 2.24) is 10.3 Å². The molecule has 0 aliphatic heterocycles. The van der Waals surface area contributed by atoms with Crippen LogP contribution in [0.1, 0.15) is 11.1 Å². The third-order valence-corrected chi connectivity index (χ3v) is 2.94. The molecule has 0 radical (unpaired) electrons. The van der Waals surface area contributed by atoms with Crippen molar-refractivity contribution in [2.75, 3.05) is 14.2 Å². The molecule has 106 valence electrons. The predicted octanol–water partition coefficient (Wildman–Crippen LogP) is 2.53. The average molecular weight is 276 g/mol. The van der Waals surface area contributed by atoms with Crippen molar-refractivity contribution in [1.29, 1.82) is 0 Å². The number of pyridine rings is 1. The number of hydrogen-bond acceptors (Lipinski definition) is 4. The van der Waals surface area contributed by atoms with Crippen LogP contribution in [0.25, 0.3) is 0 Å². The minimum absolute atomic E-state index is 0.253. The van der Waals surface area contributed by atoms with Crippen molar-refractivity contribution in [3.05, 3.63) is 53.5 Å². The van der Waals surface area contributed by atoms with Gasteiger partial charge in [0.2, 0.25) is 5.88 Å². The molecule has 1 aromatic carbocycles. The van der Waals surface area contributed by atoms with Crippen LogP contribution in [0, 0.1) is 5.82 Å². The molecule has 0 saturated heterocycles. The van der Waals surface area contributed by atoms with Gasteiger partial charge < -0.3 is 14.8 Å². The van der Waals surface area contributed by atoms with Crippen molar-refractivity contribution < 1.29 is 13.9 Å². The van der Waals surface area contributed by atoms with E-state index in [1.807, 2.05) is 12.1 Å². The molecule has 0 fully saturated rings. The minimum atomic E-state index is -0.333. The van der Waals surface area contributed by atoms with Gasteiger partial charge in [-0.2, -0.15) is 0 Å². The van der Waals surface area contributed by atoms with Crippen LogP contribution in [-0.2, 0) is 13.1 Å². The quantitative estimate of drug-likeness (QED) is 0.880. The lowest BCUT2D eigenvalue weighted by Gasteiger charge is -2.10. The van der Waals surface area contributed by atoms with Gasteiger partial charge >= 0.3 is 0 Å². The van der Waals surface area contributed by atoms with E-state index in [9.17, 15) is 4.39 Å². The molecule has 5 heteroatoms. The van der Waals surface area contributed by atoms with Gasteiger partial charge in [-0.15, -0.1) is 0 Å². The Morgan fingerprint density at radius 3 is 2.55 bits per heavy atom. The SMILES string of the molecule is COc1cccc(CNCc2cccnc2OC)c1F. The maximum absolute atomic E-state index is 13.9. The average Bonchev–Trinajstić information content (AvgIpc) is 2.49. The Kier molecular flexibility index (Phi) is 4.90. The van der Waals surface area contributed by atoms with E-state index in [0.717, 1.165) is 5.56 Å². The second-order valence-electron chi connectivity index (χ2n) is 4.21. The Hall–Kier alpha value is -2.14. The third-order valence-electron chi connectivity index (χ3n) is 2.94. The van der Waals surface area contributed by atoms with Crippen LogP contribution >= 0.6 is 0 Å². The summed E-state index contributed by atoms with van der Waals surface area (Å²) in [6.45, 7) is 0.953. The summed E-state index contributed by atoms with van der Waals surface area (Å²) in [4.78, 5) is 4.11. The lowest BCUT2D eigenvalue weighted by Crippen LogP contribution is -2.15. The number of nitrogens with zero attached hydrogens (tertiary/aromatic N) is 1. The lowest BCUT2D eigenvalue weighted by molar-refractivity contribution is 0.382. The van der Waals surface area contributed by atoms with Gasteiger partial charge in [0.1, 0.15) is 0 Å². The second-order valence-corrected chi connectivity index (χ2v) is 4.21. The van der Waals surface area contributed by atoms with Gasteiger partial charge in [-0.1, -0.05) is 18.2 Å². The molecule has 1 N–H and O–H groups in total. The maximum atomic E-state index is 13.9. The van der Waals surface area contributed by atoms with Gasteiger partial charge in [-0.3, -0.25) is 0 Å². The fraction of sp³-hybridized carbons (Fsp3) is 0.267. The Bertz CT molecular complexity index is 576. The number of hydrogen-bond donors (Lipinski definition) is 1. The summed E-state index contributed by atoms with van der Waals surface area (Å²) in [7, 11) is 3.03. The molecule has 2 aromatic rings. The Morgan fingerprint density at radius 2 is 1.80 bits per heavy atom. The van der Waals surface area contributed by atoms with E-state index < -0.39 is 0 Å². The molecule has 1 heterocycles. The van der Waals surface area contributed by atoms with Crippen molar-refractivity contribution in [2.24, 2.45) is 0 Å². The molecule has 2 rings (SSSR count). The zero-order valence-corrected chi connectivity index (χ0v) is 11.5. The monoisotopic (exact) mass is 276 g/mol. The van der Waals surface area contributed by atoms with E-state index in [-0.39, 0.29) is 11.6 Å². The molecule has 1 aromatic heterocycles. The van der Waals surface area contributed by atoms with Crippen LogP contribution in [0.15, 0.2) is 36.5 Å². The first-order valence-electron chi connectivity index (χ1n) is 6.26. The van der Waals surface area contributed by atoms with E-state index in [0.29, 0.717) is 24.5 Å². The van der Waals surface area contributed by atoms with Crippen molar-refractivity contribution >= 4 is 0 Å². The smallest absolute Gasteiger partial charge is 0.217 e. The van der Waals surface area contributed by atoms with E-state index in [2.05, 4.69) is 10.3 Å². The molecule has 0 atom stereocenters. The molecule has 0 aliphatic rings. The number of ether oxygens (including phenoxy) is 2. The molecule has 0 unspecified atom stereocenters. The first-order valence-corrected chi connectivity index (χ1v) is 6.26. The van der Waals surface area contributed by atoms with Gasteiger partial charge in [0, 0.05) is 30.4 Å². The summed E-state index contributed by atoms with van der Waals surface area (Å²) < 4.78 is 24.1. The number of benzene rings is 1. The van der Waals surface area contributed by atoms with Crippen molar-refractivity contribution in [3.63, 3.8) is 0 Å². The minimum Gasteiger partial charge on any atom is -0.494 e. The van der Waals surface area contributed by atoms with Crippen molar-refractivity contribution in [3.8, 4) is 11.6 Å². The zero-order valence-electron chi connectivity index (χ0n) is 11.5. The van der Waals surface area contributed by atoms with Crippen LogP contribution in [0.3, 0.4) is 0 Å². The summed E-state index contributed by atoms with van der Waals surface area (Å²) in [6.07, 6.45) is 1.67. The summed E-state index contributed by atoms with van der Waals surface area (Å²) in [6, 6.07) is 8.85. The molecule has 0 aliphatic carbocycles. The number of halogens is 1. The van der Waals surface area contributed by atoms with Gasteiger partial charge in [0.15, 0.2) is 11.6 Å². The molecule has 0 bridgehead atoms. The van der Waals surface area contributed by atoms with E-state index in [1.54, 1.807) is 31.5 Å². The van der Waals surface area contributed by atoms with E-state index in [4.69, 9.17) is 9.47 Å². The fourth-order valence-corrected chi connectivity index (χ4v) is 1.92. The molecule has 0 spiro atoms. The van der Waals surface area contributed by atoms with E-state index >= 15 is 0 Å². The normalized spacial score (nSPS) is 10.3. The summed E-state index contributed by atoms with van der Waals surface area (Å²) in [5, 5.41) is 3.17. The van der Waals surface area contributed by atoms with Gasteiger partial charge in [0.05, 0.1) is 14.2 Å². The van der Waals surface area contributed by atoms with Crippen LogP contribution in [0.4, 0.5) is 4.39 Å². The molecule has 20 heavy (non-hydrogen) atoms. The summed E-state index contributed by atoms with van der Waals surface area (Å²) in [5.41, 5.74) is 1.49. The highest BCUT2D eigenvalue weighted by Crippen LogP contribution is 2.20. The number of rotatable bonds is 6. The van der Waals surface area contributed by atoms with E-state index in [1.165, 1.54) is 7.11 Å². The highest BCUT2D eigenvalue weighted by atomic mass is 19.1. The predicted molar refractivity (Wildman–Crippen MR) is 74.3 cm³/mol. The topological polar surface area (TPSA) is 43.4 Å².